The fraction of sp³-hybridized carbons (Fsp3) is 0.444. The molecule has 0 bridgehead atoms. The van der Waals surface area contributed by atoms with Crippen LogP contribution in [0.3, 0.4) is 0 Å². The van der Waals surface area contributed by atoms with Gasteiger partial charge in [0.15, 0.2) is 0 Å². The topological polar surface area (TPSA) is 30.0 Å². The summed E-state index contributed by atoms with van der Waals surface area (Å²) in [6.07, 6.45) is 6.92. The largest absolute Gasteiger partial charge is 0.281 e. The molecule has 0 radical (unpaired) electrons. The monoisotopic (exact) mass is 317 g/mol. The molecule has 22 heavy (non-hydrogen) atoms. The molecule has 2 fully saturated rings. The summed E-state index contributed by atoms with van der Waals surface area (Å²) >= 11 is 5.66. The van der Waals surface area contributed by atoms with Crippen LogP contribution in [0.2, 0.25) is 0 Å². The van der Waals surface area contributed by atoms with E-state index in [1.807, 2.05) is 12.3 Å². The van der Waals surface area contributed by atoms with E-state index in [9.17, 15) is 9.18 Å². The number of fused-ring (bicyclic) bond motifs is 1. The Morgan fingerprint density at radius 2 is 2.05 bits per heavy atom. The fourth-order valence-electron chi connectivity index (χ4n) is 4.22. The number of halogens is 2. The Balaban J connectivity index is 1.60. The van der Waals surface area contributed by atoms with Crippen molar-refractivity contribution in [2.24, 2.45) is 11.3 Å². The normalized spacial score (nSPS) is 30.6. The molecule has 1 heterocycles. The molecule has 0 aliphatic heterocycles. The van der Waals surface area contributed by atoms with Gasteiger partial charge < -0.3 is 0 Å². The molecule has 2 aliphatic rings. The van der Waals surface area contributed by atoms with E-state index in [0.29, 0.717) is 5.92 Å². The van der Waals surface area contributed by atoms with Crippen molar-refractivity contribution in [2.75, 3.05) is 0 Å². The van der Waals surface area contributed by atoms with Crippen molar-refractivity contribution in [1.29, 1.82) is 0 Å². The molecule has 4 heteroatoms. The number of benzene rings is 1. The van der Waals surface area contributed by atoms with Crippen LogP contribution in [0.25, 0.3) is 10.9 Å². The van der Waals surface area contributed by atoms with Gasteiger partial charge in [-0.3, -0.25) is 9.78 Å². The zero-order valence-electron chi connectivity index (χ0n) is 12.2. The van der Waals surface area contributed by atoms with Crippen LogP contribution in [0.4, 0.5) is 4.39 Å². The van der Waals surface area contributed by atoms with Gasteiger partial charge in [-0.15, -0.1) is 0 Å². The highest BCUT2D eigenvalue weighted by Gasteiger charge is 2.58. The lowest BCUT2D eigenvalue weighted by molar-refractivity contribution is -0.113. The molecule has 2 nitrogen and oxygen atoms in total. The molecule has 2 aromatic rings. The predicted molar refractivity (Wildman–Crippen MR) is 84.3 cm³/mol. The smallest absolute Gasteiger partial charge is 0.225 e. The summed E-state index contributed by atoms with van der Waals surface area (Å²) in [5.74, 6) is 0.273. The predicted octanol–water partition coefficient (Wildman–Crippen LogP) is 4.80. The van der Waals surface area contributed by atoms with Crippen molar-refractivity contribution in [3.63, 3.8) is 0 Å². The lowest BCUT2D eigenvalue weighted by Gasteiger charge is -2.30. The van der Waals surface area contributed by atoms with Crippen LogP contribution in [-0.4, -0.2) is 10.2 Å². The maximum absolute atomic E-state index is 13.6. The molecular weight excluding hydrogens is 301 g/mol. The number of nitrogens with zero attached hydrogens (tertiary/aromatic N) is 1. The third-order valence-electron chi connectivity index (χ3n) is 5.62. The number of hydrogen-bond donors (Lipinski definition) is 0. The molecule has 1 atom stereocenters. The summed E-state index contributed by atoms with van der Waals surface area (Å²) in [6, 6.07) is 6.79. The lowest BCUT2D eigenvalue weighted by atomic mass is 9.75. The Kier molecular flexibility index (Phi) is 3.23. The summed E-state index contributed by atoms with van der Waals surface area (Å²) in [4.78, 5) is 15.7. The fourth-order valence-corrected chi connectivity index (χ4v) is 4.53. The Morgan fingerprint density at radius 3 is 2.73 bits per heavy atom. The number of rotatable bonds is 2. The van der Waals surface area contributed by atoms with E-state index in [4.69, 9.17) is 11.6 Å². The minimum Gasteiger partial charge on any atom is -0.281 e. The highest BCUT2D eigenvalue weighted by atomic mass is 35.5. The van der Waals surface area contributed by atoms with Gasteiger partial charge in [0, 0.05) is 17.5 Å². The minimum atomic E-state index is -0.218. The van der Waals surface area contributed by atoms with Crippen LogP contribution in [-0.2, 0) is 4.79 Å². The summed E-state index contributed by atoms with van der Waals surface area (Å²) in [6.45, 7) is 0. The van der Waals surface area contributed by atoms with Crippen molar-refractivity contribution in [1.82, 2.24) is 4.98 Å². The Hall–Kier alpha value is -1.48. The molecule has 2 aliphatic carbocycles. The lowest BCUT2D eigenvalue weighted by Crippen LogP contribution is -2.17. The SMILES string of the molecule is O=C(Cl)[C@H]1CC12CCC(c1ccnc3ccc(F)cc13)CC2. The van der Waals surface area contributed by atoms with Crippen molar-refractivity contribution in [2.45, 2.75) is 38.0 Å². The minimum absolute atomic E-state index is 0.0711. The second-order valence-corrected chi connectivity index (χ2v) is 7.13. The third kappa shape index (κ3) is 2.23. The van der Waals surface area contributed by atoms with Gasteiger partial charge in [-0.25, -0.2) is 4.39 Å². The molecule has 1 spiro atoms. The van der Waals surface area contributed by atoms with E-state index >= 15 is 0 Å². The average molecular weight is 318 g/mol. The summed E-state index contributed by atoms with van der Waals surface area (Å²) in [5, 5.41) is 0.749. The first kappa shape index (κ1) is 14.1. The van der Waals surface area contributed by atoms with Crippen molar-refractivity contribution < 1.29 is 9.18 Å². The van der Waals surface area contributed by atoms with Crippen molar-refractivity contribution in [3.05, 3.63) is 41.8 Å². The number of hydrogen-bond acceptors (Lipinski definition) is 2. The molecule has 0 unspecified atom stereocenters. The molecule has 4 rings (SSSR count). The summed E-state index contributed by atoms with van der Waals surface area (Å²) in [7, 11) is 0. The van der Waals surface area contributed by atoms with Gasteiger partial charge >= 0.3 is 0 Å². The van der Waals surface area contributed by atoms with Crippen LogP contribution in [0.1, 0.15) is 43.6 Å². The summed E-state index contributed by atoms with van der Waals surface area (Å²) in [5.41, 5.74) is 2.21. The van der Waals surface area contributed by atoms with Gasteiger partial charge in [-0.05, 0) is 84.9 Å². The Morgan fingerprint density at radius 1 is 1.27 bits per heavy atom. The molecule has 1 aromatic heterocycles. The molecule has 114 valence electrons. The van der Waals surface area contributed by atoms with Gasteiger partial charge in [0.2, 0.25) is 5.24 Å². The first-order chi connectivity index (χ1) is 10.6. The number of carbonyl (C=O) groups is 1. The number of carbonyl (C=O) groups excluding carboxylic acids is 1. The zero-order chi connectivity index (χ0) is 15.3. The van der Waals surface area contributed by atoms with Gasteiger partial charge in [-0.1, -0.05) is 0 Å². The third-order valence-corrected chi connectivity index (χ3v) is 5.89. The van der Waals surface area contributed by atoms with Crippen LogP contribution < -0.4 is 0 Å². The molecule has 1 aromatic carbocycles. The van der Waals surface area contributed by atoms with E-state index in [1.54, 1.807) is 12.1 Å². The van der Waals surface area contributed by atoms with Crippen LogP contribution in [0.15, 0.2) is 30.5 Å². The quantitative estimate of drug-likeness (QED) is 0.744. The first-order valence-electron chi connectivity index (χ1n) is 7.83. The van der Waals surface area contributed by atoms with E-state index < -0.39 is 0 Å². The highest BCUT2D eigenvalue weighted by molar-refractivity contribution is 6.64. The second-order valence-electron chi connectivity index (χ2n) is 6.76. The van der Waals surface area contributed by atoms with Gasteiger partial charge in [0.05, 0.1) is 5.52 Å². The van der Waals surface area contributed by atoms with E-state index in [1.165, 1.54) is 11.6 Å². The van der Waals surface area contributed by atoms with E-state index in [2.05, 4.69) is 4.98 Å². The van der Waals surface area contributed by atoms with Gasteiger partial charge in [0.1, 0.15) is 5.82 Å². The number of aromatic nitrogens is 1. The maximum atomic E-state index is 13.6. The van der Waals surface area contributed by atoms with E-state index in [0.717, 1.165) is 43.0 Å². The molecular formula is C18H17ClFNO. The Labute approximate surface area is 133 Å². The maximum Gasteiger partial charge on any atom is 0.225 e. The molecule has 0 amide bonds. The van der Waals surface area contributed by atoms with Crippen molar-refractivity contribution >= 4 is 27.7 Å². The van der Waals surface area contributed by atoms with Crippen molar-refractivity contribution in [3.8, 4) is 0 Å². The Bertz CT molecular complexity index is 752. The zero-order valence-corrected chi connectivity index (χ0v) is 12.9. The van der Waals surface area contributed by atoms with Crippen LogP contribution in [0, 0.1) is 17.2 Å². The van der Waals surface area contributed by atoms with Gasteiger partial charge in [-0.2, -0.15) is 0 Å². The van der Waals surface area contributed by atoms with Crippen LogP contribution in [0.5, 0.6) is 0 Å². The first-order valence-corrected chi connectivity index (χ1v) is 8.20. The number of pyridine rings is 1. The standard InChI is InChI=1S/C18H17ClFNO/c19-17(22)15-10-18(15)6-3-11(4-7-18)13-5-8-21-16-2-1-12(20)9-14(13)16/h1-2,5,8-9,11,15H,3-4,6-7,10H2/t11?,15-,18?/m1/s1. The van der Waals surface area contributed by atoms with Crippen LogP contribution >= 0.6 is 11.6 Å². The average Bonchev–Trinajstić information content (AvgIpc) is 3.22. The summed E-state index contributed by atoms with van der Waals surface area (Å²) < 4.78 is 13.6. The highest BCUT2D eigenvalue weighted by Crippen LogP contribution is 2.63. The molecule has 0 N–H and O–H groups in total. The van der Waals surface area contributed by atoms with E-state index in [-0.39, 0.29) is 22.4 Å². The second kappa shape index (κ2) is 5.02. The molecule has 0 saturated heterocycles. The molecule has 2 saturated carbocycles. The van der Waals surface area contributed by atoms with Gasteiger partial charge in [0.25, 0.3) is 0 Å².